The maximum atomic E-state index is 11.6. The molecule has 1 rings (SSSR count). The topological polar surface area (TPSA) is 66.6 Å². The highest BCUT2D eigenvalue weighted by atomic mass is 16.3. The third kappa shape index (κ3) is 2.96. The Bertz CT molecular complexity index is 204. The number of amides is 1. The van der Waals surface area contributed by atoms with E-state index >= 15 is 0 Å². The van der Waals surface area contributed by atoms with Crippen molar-refractivity contribution in [2.24, 2.45) is 11.7 Å². The van der Waals surface area contributed by atoms with Crippen LogP contribution in [0.1, 0.15) is 26.2 Å². The molecule has 0 radical (unpaired) electrons. The van der Waals surface area contributed by atoms with Crippen LogP contribution in [-0.2, 0) is 4.79 Å². The lowest BCUT2D eigenvalue weighted by atomic mass is 10.1. The van der Waals surface area contributed by atoms with Crippen molar-refractivity contribution >= 4 is 5.91 Å². The van der Waals surface area contributed by atoms with Crippen LogP contribution in [0.3, 0.4) is 0 Å². The van der Waals surface area contributed by atoms with Crippen LogP contribution in [0.4, 0.5) is 0 Å². The summed E-state index contributed by atoms with van der Waals surface area (Å²) in [5.41, 5.74) is 5.85. The minimum absolute atomic E-state index is 0.000899. The van der Waals surface area contributed by atoms with Gasteiger partial charge in [0.1, 0.15) is 0 Å². The van der Waals surface area contributed by atoms with E-state index in [4.69, 9.17) is 10.8 Å². The Hall–Kier alpha value is -0.610. The van der Waals surface area contributed by atoms with Crippen LogP contribution < -0.4 is 5.73 Å². The SMILES string of the molecule is CC(CO)N(C)C(=O)CC(N)C1CC1. The number of carbonyl (C=O) groups excluding carboxylic acids is 1. The van der Waals surface area contributed by atoms with E-state index in [1.54, 1.807) is 11.9 Å². The van der Waals surface area contributed by atoms with Gasteiger partial charge in [-0.05, 0) is 25.7 Å². The average Bonchev–Trinajstić information content (AvgIpc) is 2.98. The zero-order valence-corrected chi connectivity index (χ0v) is 8.94. The van der Waals surface area contributed by atoms with E-state index in [2.05, 4.69) is 0 Å². The highest BCUT2D eigenvalue weighted by Gasteiger charge is 2.30. The molecule has 1 aliphatic carbocycles. The Morgan fingerprint density at radius 1 is 1.64 bits per heavy atom. The molecule has 4 heteroatoms. The number of carbonyl (C=O) groups is 1. The Morgan fingerprint density at radius 3 is 2.64 bits per heavy atom. The van der Waals surface area contributed by atoms with Gasteiger partial charge in [-0.2, -0.15) is 0 Å². The van der Waals surface area contributed by atoms with Crippen molar-refractivity contribution < 1.29 is 9.90 Å². The number of rotatable bonds is 5. The highest BCUT2D eigenvalue weighted by molar-refractivity contribution is 5.76. The van der Waals surface area contributed by atoms with Gasteiger partial charge in [0.2, 0.25) is 5.91 Å². The van der Waals surface area contributed by atoms with E-state index in [0.29, 0.717) is 12.3 Å². The molecule has 0 aliphatic heterocycles. The van der Waals surface area contributed by atoms with E-state index < -0.39 is 0 Å². The summed E-state index contributed by atoms with van der Waals surface area (Å²) >= 11 is 0. The highest BCUT2D eigenvalue weighted by Crippen LogP contribution is 2.32. The van der Waals surface area contributed by atoms with Crippen molar-refractivity contribution in [1.29, 1.82) is 0 Å². The van der Waals surface area contributed by atoms with Gasteiger partial charge in [-0.25, -0.2) is 0 Å². The van der Waals surface area contributed by atoms with Gasteiger partial charge in [0.15, 0.2) is 0 Å². The lowest BCUT2D eigenvalue weighted by Crippen LogP contribution is -2.40. The molecule has 1 amide bonds. The predicted octanol–water partition coefficient (Wildman–Crippen LogP) is -0.0470. The van der Waals surface area contributed by atoms with Gasteiger partial charge in [0.25, 0.3) is 0 Å². The van der Waals surface area contributed by atoms with Crippen molar-refractivity contribution in [3.63, 3.8) is 0 Å². The number of hydrogen-bond acceptors (Lipinski definition) is 3. The fraction of sp³-hybridized carbons (Fsp3) is 0.900. The summed E-state index contributed by atoms with van der Waals surface area (Å²) in [5.74, 6) is 0.586. The minimum Gasteiger partial charge on any atom is -0.394 e. The molecule has 3 N–H and O–H groups in total. The van der Waals surface area contributed by atoms with E-state index in [9.17, 15) is 4.79 Å². The van der Waals surface area contributed by atoms with Crippen molar-refractivity contribution in [1.82, 2.24) is 4.90 Å². The van der Waals surface area contributed by atoms with Gasteiger partial charge in [-0.3, -0.25) is 4.79 Å². The number of aliphatic hydroxyl groups excluding tert-OH is 1. The quantitative estimate of drug-likeness (QED) is 0.654. The van der Waals surface area contributed by atoms with Crippen molar-refractivity contribution in [3.8, 4) is 0 Å². The second kappa shape index (κ2) is 4.75. The van der Waals surface area contributed by atoms with Crippen LogP contribution in [0.2, 0.25) is 0 Å². The van der Waals surface area contributed by atoms with Gasteiger partial charge in [0, 0.05) is 19.5 Å². The summed E-state index contributed by atoms with van der Waals surface area (Å²) in [4.78, 5) is 13.2. The molecule has 1 fully saturated rings. The fourth-order valence-corrected chi connectivity index (χ4v) is 1.40. The molecule has 1 saturated carbocycles. The molecular weight excluding hydrogens is 180 g/mol. The molecule has 2 unspecified atom stereocenters. The summed E-state index contributed by atoms with van der Waals surface area (Å²) in [7, 11) is 1.71. The molecule has 0 bridgehead atoms. The van der Waals surface area contributed by atoms with Crippen LogP contribution in [-0.4, -0.2) is 41.7 Å². The van der Waals surface area contributed by atoms with E-state index in [-0.39, 0.29) is 24.6 Å². The van der Waals surface area contributed by atoms with Crippen molar-refractivity contribution in [2.75, 3.05) is 13.7 Å². The van der Waals surface area contributed by atoms with Gasteiger partial charge < -0.3 is 15.7 Å². The fourth-order valence-electron chi connectivity index (χ4n) is 1.40. The smallest absolute Gasteiger partial charge is 0.224 e. The molecule has 14 heavy (non-hydrogen) atoms. The Balaban J connectivity index is 2.32. The zero-order valence-electron chi connectivity index (χ0n) is 8.94. The van der Waals surface area contributed by atoms with Crippen LogP contribution >= 0.6 is 0 Å². The monoisotopic (exact) mass is 200 g/mol. The second-order valence-corrected chi connectivity index (χ2v) is 4.24. The maximum absolute atomic E-state index is 11.6. The van der Waals surface area contributed by atoms with Gasteiger partial charge >= 0.3 is 0 Å². The van der Waals surface area contributed by atoms with Crippen molar-refractivity contribution in [2.45, 2.75) is 38.3 Å². The van der Waals surface area contributed by atoms with E-state index in [1.807, 2.05) is 6.92 Å². The zero-order chi connectivity index (χ0) is 10.7. The first-order valence-corrected chi connectivity index (χ1v) is 5.18. The molecule has 2 atom stereocenters. The van der Waals surface area contributed by atoms with Crippen LogP contribution in [0.5, 0.6) is 0 Å². The second-order valence-electron chi connectivity index (χ2n) is 4.24. The molecule has 0 aromatic rings. The lowest BCUT2D eigenvalue weighted by Gasteiger charge is -2.24. The molecule has 0 saturated heterocycles. The van der Waals surface area contributed by atoms with Crippen molar-refractivity contribution in [3.05, 3.63) is 0 Å². The standard InChI is InChI=1S/C10H20N2O2/c1-7(6-13)12(2)10(14)5-9(11)8-3-4-8/h7-9,13H,3-6,11H2,1-2H3. The number of nitrogens with zero attached hydrogens (tertiary/aromatic N) is 1. The van der Waals surface area contributed by atoms with Crippen LogP contribution in [0, 0.1) is 5.92 Å². The first kappa shape index (κ1) is 11.5. The summed E-state index contributed by atoms with van der Waals surface area (Å²) in [6.45, 7) is 1.82. The van der Waals surface area contributed by atoms with Gasteiger partial charge in [-0.15, -0.1) is 0 Å². The Kier molecular flexibility index (Phi) is 3.89. The summed E-state index contributed by atoms with van der Waals surface area (Å²) < 4.78 is 0. The maximum Gasteiger partial charge on any atom is 0.224 e. The molecule has 0 spiro atoms. The van der Waals surface area contributed by atoms with Crippen LogP contribution in [0.15, 0.2) is 0 Å². The minimum atomic E-state index is -0.117. The summed E-state index contributed by atoms with van der Waals surface area (Å²) in [5, 5.41) is 8.88. The molecule has 4 nitrogen and oxygen atoms in total. The van der Waals surface area contributed by atoms with E-state index in [0.717, 1.165) is 12.8 Å². The number of nitrogens with two attached hydrogens (primary N) is 1. The molecule has 0 aromatic heterocycles. The lowest BCUT2D eigenvalue weighted by molar-refractivity contribution is -0.132. The molecule has 0 heterocycles. The Morgan fingerprint density at radius 2 is 2.21 bits per heavy atom. The average molecular weight is 200 g/mol. The predicted molar refractivity (Wildman–Crippen MR) is 54.6 cm³/mol. The normalized spacial score (nSPS) is 20.3. The number of likely N-dealkylation sites (N-methyl/N-ethyl adjacent to an activating group) is 1. The number of aliphatic hydroxyl groups is 1. The van der Waals surface area contributed by atoms with Gasteiger partial charge in [-0.1, -0.05) is 0 Å². The molecule has 1 aliphatic rings. The summed E-state index contributed by atoms with van der Waals surface area (Å²) in [6, 6.07) is -0.107. The first-order chi connectivity index (χ1) is 6.56. The molecule has 82 valence electrons. The summed E-state index contributed by atoms with van der Waals surface area (Å²) in [6.07, 6.45) is 2.73. The van der Waals surface area contributed by atoms with Crippen LogP contribution in [0.25, 0.3) is 0 Å². The Labute approximate surface area is 85.1 Å². The largest absolute Gasteiger partial charge is 0.394 e. The van der Waals surface area contributed by atoms with Gasteiger partial charge in [0.05, 0.1) is 12.6 Å². The third-order valence-electron chi connectivity index (χ3n) is 2.96. The number of hydrogen-bond donors (Lipinski definition) is 2. The first-order valence-electron chi connectivity index (χ1n) is 5.18. The third-order valence-corrected chi connectivity index (χ3v) is 2.96. The molecular formula is C10H20N2O2. The van der Waals surface area contributed by atoms with E-state index in [1.165, 1.54) is 0 Å². The molecule has 0 aromatic carbocycles.